The number of aliphatic hydroxyl groups is 1. The van der Waals surface area contributed by atoms with Gasteiger partial charge in [0.2, 0.25) is 5.91 Å². The topological polar surface area (TPSA) is 125 Å². The van der Waals surface area contributed by atoms with Gasteiger partial charge in [0.15, 0.2) is 5.75 Å². The molecule has 9 nitrogen and oxygen atoms in total. The Morgan fingerprint density at radius 3 is 2.56 bits per heavy atom. The zero-order chi connectivity index (χ0) is 30.3. The van der Waals surface area contributed by atoms with Gasteiger partial charge in [-0.1, -0.05) is 6.92 Å². The van der Waals surface area contributed by atoms with Crippen LogP contribution in [-0.4, -0.2) is 55.7 Å². The monoisotopic (exact) mass is 570 g/mol. The van der Waals surface area contributed by atoms with Crippen molar-refractivity contribution in [3.05, 3.63) is 75.2 Å². The number of hydrogen-bond acceptors (Lipinski definition) is 6. The summed E-state index contributed by atoms with van der Waals surface area (Å²) in [6, 6.07) is 3.95. The molecule has 2 aromatic rings. The molecule has 1 aromatic carbocycles. The van der Waals surface area contributed by atoms with Crippen LogP contribution in [0.3, 0.4) is 0 Å². The highest BCUT2D eigenvalue weighted by Crippen LogP contribution is 2.47. The Balaban J connectivity index is 1.53. The molecule has 1 saturated heterocycles. The van der Waals surface area contributed by atoms with Crippen LogP contribution in [0.25, 0.3) is 0 Å². The van der Waals surface area contributed by atoms with E-state index in [9.17, 15) is 28.3 Å². The molecule has 2 amide bonds. The first-order valence-electron chi connectivity index (χ1n) is 13.5. The first-order chi connectivity index (χ1) is 19.1. The van der Waals surface area contributed by atoms with Crippen LogP contribution >= 0.6 is 0 Å². The lowest BCUT2D eigenvalue weighted by Gasteiger charge is -2.44. The van der Waals surface area contributed by atoms with Gasteiger partial charge in [0.1, 0.15) is 23.4 Å². The molecule has 0 saturated carbocycles. The highest BCUT2D eigenvalue weighted by atomic mass is 19.1. The molecule has 4 atom stereocenters. The van der Waals surface area contributed by atoms with Crippen LogP contribution in [0.15, 0.2) is 52.9 Å². The molecule has 3 N–H and O–H groups in total. The predicted molar refractivity (Wildman–Crippen MR) is 149 cm³/mol. The van der Waals surface area contributed by atoms with E-state index in [0.29, 0.717) is 29.8 Å². The van der Waals surface area contributed by atoms with Gasteiger partial charge in [-0.05, 0) is 77.3 Å². The van der Waals surface area contributed by atoms with Crippen LogP contribution in [0.5, 0.6) is 11.5 Å². The van der Waals surface area contributed by atoms with Crippen LogP contribution in [-0.2, 0) is 4.79 Å². The third-order valence-electron chi connectivity index (χ3n) is 7.80. The second-order valence-electron chi connectivity index (χ2n) is 11.8. The normalized spacial score (nSPS) is 23.5. The molecule has 220 valence electrons. The average Bonchev–Trinajstić information content (AvgIpc) is 3.33. The smallest absolute Gasteiger partial charge is 0.307 e. The molecule has 41 heavy (non-hydrogen) atoms. The summed E-state index contributed by atoms with van der Waals surface area (Å²) in [6.07, 6.45) is 2.98. The van der Waals surface area contributed by atoms with Gasteiger partial charge >= 0.3 is 5.56 Å². The van der Waals surface area contributed by atoms with Gasteiger partial charge in [0.05, 0.1) is 17.3 Å². The Morgan fingerprint density at radius 1 is 1.22 bits per heavy atom. The Morgan fingerprint density at radius 2 is 1.93 bits per heavy atom. The molecule has 1 unspecified atom stereocenters. The number of aromatic amines is 1. The summed E-state index contributed by atoms with van der Waals surface area (Å²) >= 11 is 0. The molecule has 11 heteroatoms. The Bertz CT molecular complexity index is 1480. The van der Waals surface area contributed by atoms with Gasteiger partial charge in [-0.25, -0.2) is 13.9 Å². The highest BCUT2D eigenvalue weighted by molar-refractivity contribution is 5.98. The van der Waals surface area contributed by atoms with E-state index in [1.807, 2.05) is 0 Å². The molecule has 0 radical (unpaired) electrons. The standard InChI is InChI=1S/C30H36F2N4O5/c1-16-11-19(7-8-22(16)41-23-12-17(2)34-35-27(23)38)26(37)33-18(3)28(39)36-24(29(4,5)40)9-10-25(36)30(6)14-20(31)13-21(32)15-30/h7-8,11-14,18,24-25,40H,9-10,15H2,1-6H3,(H,33,37)(H,35,38)/t18-,24-,25+,30?/m1/s1. The minimum atomic E-state index is -1.28. The third kappa shape index (κ3) is 6.40. The number of likely N-dealkylation sites (tertiary alicyclic amines) is 1. The second kappa shape index (κ2) is 11.2. The number of rotatable bonds is 7. The largest absolute Gasteiger partial charge is 0.451 e. The molecular formula is C30H36F2N4O5. The number of aryl methyl sites for hydroxylation is 2. The first kappa shape index (κ1) is 30.1. The summed E-state index contributed by atoms with van der Waals surface area (Å²) in [4.78, 5) is 40.5. The number of aromatic nitrogens is 2. The summed E-state index contributed by atoms with van der Waals surface area (Å²) in [6.45, 7) is 9.86. The second-order valence-corrected chi connectivity index (χ2v) is 11.8. The van der Waals surface area contributed by atoms with E-state index in [1.54, 1.807) is 53.7 Å². The highest BCUT2D eigenvalue weighted by Gasteiger charge is 2.51. The fourth-order valence-corrected chi connectivity index (χ4v) is 5.79. The van der Waals surface area contributed by atoms with Crippen molar-refractivity contribution in [3.63, 3.8) is 0 Å². The average molecular weight is 571 g/mol. The number of benzene rings is 1. The number of hydrogen-bond donors (Lipinski definition) is 3. The van der Waals surface area contributed by atoms with Crippen LogP contribution in [0.2, 0.25) is 0 Å². The molecule has 0 bridgehead atoms. The number of ether oxygens (including phenoxy) is 1. The molecule has 2 aliphatic rings. The summed E-state index contributed by atoms with van der Waals surface area (Å²) in [5.41, 5.74) is -1.38. The van der Waals surface area contributed by atoms with Crippen LogP contribution in [0.1, 0.15) is 68.6 Å². The molecule has 2 heterocycles. The van der Waals surface area contributed by atoms with E-state index in [1.165, 1.54) is 23.1 Å². The zero-order valence-electron chi connectivity index (χ0n) is 24.0. The van der Waals surface area contributed by atoms with Crippen LogP contribution < -0.4 is 15.6 Å². The van der Waals surface area contributed by atoms with Crippen molar-refractivity contribution in [3.8, 4) is 11.5 Å². The van der Waals surface area contributed by atoms with E-state index >= 15 is 0 Å². The molecule has 1 aromatic heterocycles. The number of nitrogens with zero attached hydrogens (tertiary/aromatic N) is 2. The van der Waals surface area contributed by atoms with E-state index in [2.05, 4.69) is 15.5 Å². The number of H-pyrrole nitrogens is 1. The number of allylic oxidation sites excluding steroid dienone is 3. The van der Waals surface area contributed by atoms with Gasteiger partial charge in [0, 0.05) is 35.6 Å². The Hall–Kier alpha value is -3.86. The Kier molecular flexibility index (Phi) is 8.22. The van der Waals surface area contributed by atoms with Crippen LogP contribution in [0, 0.1) is 19.3 Å². The lowest BCUT2D eigenvalue weighted by Crippen LogP contribution is -2.59. The molecule has 4 rings (SSSR count). The van der Waals surface area contributed by atoms with Crippen molar-refractivity contribution in [1.82, 2.24) is 20.4 Å². The number of amides is 2. The number of carbonyl (C=O) groups is 2. The van der Waals surface area contributed by atoms with Gasteiger partial charge < -0.3 is 20.1 Å². The maximum absolute atomic E-state index is 14.3. The lowest BCUT2D eigenvalue weighted by atomic mass is 9.75. The number of nitrogens with one attached hydrogen (secondary N) is 2. The molecule has 1 aliphatic heterocycles. The van der Waals surface area contributed by atoms with Gasteiger partial charge in [-0.2, -0.15) is 5.10 Å². The van der Waals surface area contributed by atoms with E-state index < -0.39 is 58.2 Å². The van der Waals surface area contributed by atoms with Gasteiger partial charge in [-0.3, -0.25) is 14.4 Å². The van der Waals surface area contributed by atoms with Crippen molar-refractivity contribution >= 4 is 11.8 Å². The minimum absolute atomic E-state index is 0.0651. The fraction of sp³-hybridized carbons (Fsp3) is 0.467. The minimum Gasteiger partial charge on any atom is -0.451 e. The third-order valence-corrected chi connectivity index (χ3v) is 7.80. The Labute approximate surface area is 237 Å². The quantitative estimate of drug-likeness (QED) is 0.449. The molecular weight excluding hydrogens is 534 g/mol. The van der Waals surface area contributed by atoms with Gasteiger partial charge in [0.25, 0.3) is 5.91 Å². The molecule has 0 spiro atoms. The fourth-order valence-electron chi connectivity index (χ4n) is 5.79. The number of halogens is 2. The van der Waals surface area contributed by atoms with E-state index in [-0.39, 0.29) is 17.7 Å². The van der Waals surface area contributed by atoms with Crippen molar-refractivity contribution in [2.24, 2.45) is 5.41 Å². The van der Waals surface area contributed by atoms with E-state index in [0.717, 1.165) is 6.08 Å². The van der Waals surface area contributed by atoms with Gasteiger partial charge in [-0.15, -0.1) is 0 Å². The molecule has 1 fully saturated rings. The zero-order valence-corrected chi connectivity index (χ0v) is 24.0. The van der Waals surface area contributed by atoms with E-state index in [4.69, 9.17) is 4.74 Å². The van der Waals surface area contributed by atoms with Crippen LogP contribution in [0.4, 0.5) is 8.78 Å². The summed E-state index contributed by atoms with van der Waals surface area (Å²) in [7, 11) is 0. The summed E-state index contributed by atoms with van der Waals surface area (Å²) < 4.78 is 34.3. The predicted octanol–water partition coefficient (Wildman–Crippen LogP) is 4.54. The maximum atomic E-state index is 14.3. The van der Waals surface area contributed by atoms with Crippen molar-refractivity contribution in [2.45, 2.75) is 84.5 Å². The SMILES string of the molecule is Cc1cc(Oc2ccc(C(=O)N[C@H](C)C(=O)N3[C@H](C4(C)C=C(F)C=C(F)C4)CC[C@@H]3C(C)(C)O)cc2C)c(=O)[nH]n1. The van der Waals surface area contributed by atoms with Crippen molar-refractivity contribution < 1.29 is 28.2 Å². The maximum Gasteiger partial charge on any atom is 0.307 e. The summed E-state index contributed by atoms with van der Waals surface area (Å²) in [5, 5.41) is 19.8. The molecule has 1 aliphatic carbocycles. The lowest BCUT2D eigenvalue weighted by molar-refractivity contribution is -0.143. The number of carbonyl (C=O) groups excluding carboxylic acids is 2. The van der Waals surface area contributed by atoms with Crippen molar-refractivity contribution in [1.29, 1.82) is 0 Å². The summed E-state index contributed by atoms with van der Waals surface area (Å²) in [5.74, 6) is -1.85. The first-order valence-corrected chi connectivity index (χ1v) is 13.5. The van der Waals surface area contributed by atoms with Crippen molar-refractivity contribution in [2.75, 3.05) is 0 Å².